The molecular formula is C17H20N4O3S. The second-order valence-corrected chi connectivity index (χ2v) is 7.92. The molecule has 132 valence electrons. The quantitative estimate of drug-likeness (QED) is 0.717. The average Bonchev–Trinajstić information content (AvgIpc) is 3.30. The van der Waals surface area contributed by atoms with Crippen molar-refractivity contribution in [2.24, 2.45) is 0 Å². The number of thiophene rings is 1. The van der Waals surface area contributed by atoms with E-state index >= 15 is 0 Å². The first kappa shape index (κ1) is 16.4. The van der Waals surface area contributed by atoms with Crippen LogP contribution in [0.5, 0.6) is 0 Å². The van der Waals surface area contributed by atoms with Crippen molar-refractivity contribution < 1.29 is 9.47 Å². The maximum atomic E-state index is 13.1. The van der Waals surface area contributed by atoms with Crippen LogP contribution in [0.25, 0.3) is 21.5 Å². The van der Waals surface area contributed by atoms with E-state index in [1.807, 2.05) is 38.3 Å². The number of hydrogen-bond donors (Lipinski definition) is 0. The van der Waals surface area contributed by atoms with Gasteiger partial charge >= 0.3 is 0 Å². The number of rotatable bonds is 3. The highest BCUT2D eigenvalue weighted by atomic mass is 32.1. The fraction of sp³-hybridized carbons (Fsp3) is 0.471. The van der Waals surface area contributed by atoms with Gasteiger partial charge in [0.05, 0.1) is 41.8 Å². The van der Waals surface area contributed by atoms with Crippen LogP contribution in [0.1, 0.15) is 20.8 Å². The standard InChI is InChI=1S/C17H20N4O3S/c1-17(2,3)21-15-11(9-18-21)14(12-5-4-8-25-12)19-20(16(15)22)10-13-23-6-7-24-13/h4-5,8-9,13H,6-7,10H2,1-3H3. The van der Waals surface area contributed by atoms with Crippen molar-refractivity contribution in [1.29, 1.82) is 0 Å². The molecule has 1 aliphatic heterocycles. The van der Waals surface area contributed by atoms with Gasteiger partial charge in [0, 0.05) is 0 Å². The molecule has 3 aromatic rings. The highest BCUT2D eigenvalue weighted by Gasteiger charge is 2.25. The van der Waals surface area contributed by atoms with Gasteiger partial charge in [0.15, 0.2) is 6.29 Å². The van der Waals surface area contributed by atoms with Crippen LogP contribution in [0.15, 0.2) is 28.5 Å². The summed E-state index contributed by atoms with van der Waals surface area (Å²) in [5, 5.41) is 11.8. The molecule has 0 bridgehead atoms. The predicted octanol–water partition coefficient (Wildman–Crippen LogP) is 2.45. The predicted molar refractivity (Wildman–Crippen MR) is 95.8 cm³/mol. The molecule has 0 atom stereocenters. The molecule has 0 aliphatic carbocycles. The minimum Gasteiger partial charge on any atom is -0.348 e. The number of nitrogens with zero attached hydrogens (tertiary/aromatic N) is 4. The molecule has 0 amide bonds. The summed E-state index contributed by atoms with van der Waals surface area (Å²) in [4.78, 5) is 14.1. The zero-order valence-corrected chi connectivity index (χ0v) is 15.2. The van der Waals surface area contributed by atoms with Crippen molar-refractivity contribution in [2.75, 3.05) is 13.2 Å². The Morgan fingerprint density at radius 1 is 1.32 bits per heavy atom. The SMILES string of the molecule is CC(C)(C)n1ncc2c(-c3cccs3)nn(CC3OCCO3)c(=O)c21. The van der Waals surface area contributed by atoms with E-state index in [1.54, 1.807) is 22.2 Å². The summed E-state index contributed by atoms with van der Waals surface area (Å²) in [7, 11) is 0. The van der Waals surface area contributed by atoms with E-state index in [0.717, 1.165) is 16.0 Å². The number of fused-ring (bicyclic) bond motifs is 1. The van der Waals surface area contributed by atoms with Crippen molar-refractivity contribution in [3.63, 3.8) is 0 Å². The maximum absolute atomic E-state index is 13.1. The average molecular weight is 360 g/mol. The Balaban J connectivity index is 1.95. The summed E-state index contributed by atoms with van der Waals surface area (Å²) in [5.74, 6) is 0. The largest absolute Gasteiger partial charge is 0.348 e. The fourth-order valence-electron chi connectivity index (χ4n) is 2.95. The lowest BCUT2D eigenvalue weighted by atomic mass is 10.1. The van der Waals surface area contributed by atoms with Gasteiger partial charge in [0.1, 0.15) is 11.2 Å². The lowest BCUT2D eigenvalue weighted by molar-refractivity contribution is -0.0552. The van der Waals surface area contributed by atoms with E-state index < -0.39 is 6.29 Å². The normalized spacial score (nSPS) is 16.1. The zero-order chi connectivity index (χ0) is 17.6. The van der Waals surface area contributed by atoms with Crippen LogP contribution in [-0.2, 0) is 21.6 Å². The van der Waals surface area contributed by atoms with E-state index in [-0.39, 0.29) is 17.6 Å². The van der Waals surface area contributed by atoms with E-state index in [0.29, 0.717) is 18.7 Å². The highest BCUT2D eigenvalue weighted by molar-refractivity contribution is 7.13. The van der Waals surface area contributed by atoms with Gasteiger partial charge in [-0.2, -0.15) is 10.2 Å². The van der Waals surface area contributed by atoms with Crippen LogP contribution in [0, 0.1) is 0 Å². The Hall–Kier alpha value is -2.03. The van der Waals surface area contributed by atoms with Gasteiger partial charge < -0.3 is 9.47 Å². The summed E-state index contributed by atoms with van der Waals surface area (Å²) in [6, 6.07) is 3.97. The minimum atomic E-state index is -0.440. The van der Waals surface area contributed by atoms with E-state index in [1.165, 1.54) is 4.68 Å². The van der Waals surface area contributed by atoms with Gasteiger partial charge in [-0.25, -0.2) is 4.68 Å². The molecule has 3 aromatic heterocycles. The van der Waals surface area contributed by atoms with Crippen LogP contribution < -0.4 is 5.56 Å². The molecule has 0 saturated carbocycles. The first-order valence-electron chi connectivity index (χ1n) is 8.21. The minimum absolute atomic E-state index is 0.179. The molecule has 25 heavy (non-hydrogen) atoms. The molecule has 0 aromatic carbocycles. The molecule has 0 radical (unpaired) electrons. The maximum Gasteiger partial charge on any atom is 0.293 e. The monoisotopic (exact) mass is 360 g/mol. The van der Waals surface area contributed by atoms with E-state index in [2.05, 4.69) is 10.2 Å². The van der Waals surface area contributed by atoms with Gasteiger partial charge in [-0.1, -0.05) is 6.07 Å². The third-order valence-corrected chi connectivity index (χ3v) is 4.96. The first-order chi connectivity index (χ1) is 11.9. The fourth-order valence-corrected chi connectivity index (χ4v) is 3.67. The van der Waals surface area contributed by atoms with Crippen LogP contribution in [0.3, 0.4) is 0 Å². The molecule has 4 rings (SSSR count). The topological polar surface area (TPSA) is 71.2 Å². The molecule has 1 fully saturated rings. The number of aromatic nitrogens is 4. The number of hydrogen-bond acceptors (Lipinski definition) is 6. The van der Waals surface area contributed by atoms with Crippen LogP contribution in [0.4, 0.5) is 0 Å². The van der Waals surface area contributed by atoms with Crippen LogP contribution >= 0.6 is 11.3 Å². The van der Waals surface area contributed by atoms with Crippen LogP contribution in [0.2, 0.25) is 0 Å². The molecule has 0 N–H and O–H groups in total. The van der Waals surface area contributed by atoms with Crippen LogP contribution in [-0.4, -0.2) is 39.1 Å². The summed E-state index contributed by atoms with van der Waals surface area (Å²) >= 11 is 1.59. The Kier molecular flexibility index (Phi) is 3.98. The summed E-state index contributed by atoms with van der Waals surface area (Å²) in [6.07, 6.45) is 1.29. The van der Waals surface area contributed by atoms with E-state index in [4.69, 9.17) is 9.47 Å². The third-order valence-electron chi connectivity index (χ3n) is 4.08. The lowest BCUT2D eigenvalue weighted by Crippen LogP contribution is -2.33. The van der Waals surface area contributed by atoms with Gasteiger partial charge in [0.2, 0.25) is 0 Å². The summed E-state index contributed by atoms with van der Waals surface area (Å²) in [6.45, 7) is 7.42. The molecule has 8 heteroatoms. The summed E-state index contributed by atoms with van der Waals surface area (Å²) in [5.41, 5.74) is 0.830. The van der Waals surface area contributed by atoms with Gasteiger partial charge in [-0.05, 0) is 32.2 Å². The molecule has 7 nitrogen and oxygen atoms in total. The molecule has 0 spiro atoms. The molecule has 0 unspecified atom stereocenters. The second-order valence-electron chi connectivity index (χ2n) is 6.97. The van der Waals surface area contributed by atoms with Crippen molar-refractivity contribution in [1.82, 2.24) is 19.6 Å². The van der Waals surface area contributed by atoms with Crippen molar-refractivity contribution >= 4 is 22.2 Å². The van der Waals surface area contributed by atoms with Crippen molar-refractivity contribution in [3.8, 4) is 10.6 Å². The molecular weight excluding hydrogens is 340 g/mol. The lowest BCUT2D eigenvalue weighted by Gasteiger charge is -2.20. The van der Waals surface area contributed by atoms with Gasteiger partial charge in [0.25, 0.3) is 5.56 Å². The number of ether oxygens (including phenoxy) is 2. The smallest absolute Gasteiger partial charge is 0.293 e. The molecule has 1 aliphatic rings. The molecule has 4 heterocycles. The Bertz CT molecular complexity index is 947. The summed E-state index contributed by atoms with van der Waals surface area (Å²) < 4.78 is 14.2. The Morgan fingerprint density at radius 3 is 2.72 bits per heavy atom. The molecule has 1 saturated heterocycles. The van der Waals surface area contributed by atoms with Crippen molar-refractivity contribution in [3.05, 3.63) is 34.1 Å². The van der Waals surface area contributed by atoms with E-state index in [9.17, 15) is 4.79 Å². The first-order valence-corrected chi connectivity index (χ1v) is 9.09. The third kappa shape index (κ3) is 2.90. The van der Waals surface area contributed by atoms with Gasteiger partial charge in [-0.3, -0.25) is 9.48 Å². The Morgan fingerprint density at radius 2 is 2.08 bits per heavy atom. The zero-order valence-electron chi connectivity index (χ0n) is 14.4. The second kappa shape index (κ2) is 6.05. The highest BCUT2D eigenvalue weighted by Crippen LogP contribution is 2.30. The van der Waals surface area contributed by atoms with Crippen molar-refractivity contribution in [2.45, 2.75) is 39.1 Å². The Labute approximate surface area is 148 Å². The van der Waals surface area contributed by atoms with Gasteiger partial charge in [-0.15, -0.1) is 11.3 Å².